The number of amides is 3. The molecule has 148 valence electrons. The molecular formula is C21H23F2N3O2. The third-order valence-corrected chi connectivity index (χ3v) is 5.07. The Bertz CT molecular complexity index is 857. The Hall–Kier alpha value is -2.96. The van der Waals surface area contributed by atoms with Crippen molar-refractivity contribution >= 4 is 17.6 Å². The van der Waals surface area contributed by atoms with Gasteiger partial charge in [0.05, 0.1) is 12.0 Å². The third-order valence-electron chi connectivity index (χ3n) is 5.07. The van der Waals surface area contributed by atoms with Crippen molar-refractivity contribution in [3.05, 3.63) is 65.2 Å². The fourth-order valence-electron chi connectivity index (χ4n) is 3.34. The first kappa shape index (κ1) is 19.8. The summed E-state index contributed by atoms with van der Waals surface area (Å²) in [6, 6.07) is 10.1. The largest absolute Gasteiger partial charge is 0.349 e. The Kier molecular flexibility index (Phi) is 5.63. The number of rotatable bonds is 5. The van der Waals surface area contributed by atoms with Crippen molar-refractivity contribution in [2.45, 2.75) is 31.2 Å². The van der Waals surface area contributed by atoms with Gasteiger partial charge in [-0.3, -0.25) is 4.79 Å². The smallest absolute Gasteiger partial charge is 0.319 e. The predicted octanol–water partition coefficient (Wildman–Crippen LogP) is 3.80. The normalized spacial score (nSPS) is 14.7. The van der Waals surface area contributed by atoms with Gasteiger partial charge in [0.25, 0.3) is 0 Å². The van der Waals surface area contributed by atoms with E-state index in [9.17, 15) is 18.4 Å². The van der Waals surface area contributed by atoms with Crippen LogP contribution in [-0.2, 0) is 16.8 Å². The van der Waals surface area contributed by atoms with Crippen LogP contribution >= 0.6 is 0 Å². The minimum atomic E-state index is -1.03. The van der Waals surface area contributed by atoms with Gasteiger partial charge in [0.1, 0.15) is 11.6 Å². The lowest BCUT2D eigenvalue weighted by Crippen LogP contribution is -2.53. The molecule has 0 bridgehead atoms. The second-order valence-corrected chi connectivity index (χ2v) is 7.27. The molecule has 0 atom stereocenters. The molecule has 1 fully saturated rings. The van der Waals surface area contributed by atoms with E-state index in [4.69, 9.17) is 0 Å². The Morgan fingerprint density at radius 2 is 1.64 bits per heavy atom. The van der Waals surface area contributed by atoms with Crippen LogP contribution in [0.5, 0.6) is 0 Å². The van der Waals surface area contributed by atoms with Crippen LogP contribution in [0.1, 0.15) is 30.4 Å². The van der Waals surface area contributed by atoms with Gasteiger partial charge in [0.15, 0.2) is 0 Å². The number of carbonyl (C=O) groups excluding carboxylic acids is 2. The molecule has 7 heteroatoms. The maximum atomic E-state index is 14.2. The van der Waals surface area contributed by atoms with E-state index in [0.29, 0.717) is 18.5 Å². The fourth-order valence-corrected chi connectivity index (χ4v) is 3.34. The van der Waals surface area contributed by atoms with Crippen LogP contribution in [0.3, 0.4) is 0 Å². The summed E-state index contributed by atoms with van der Waals surface area (Å²) >= 11 is 0. The summed E-state index contributed by atoms with van der Waals surface area (Å²) < 4.78 is 28.4. The van der Waals surface area contributed by atoms with Crippen molar-refractivity contribution in [3.8, 4) is 0 Å². The van der Waals surface area contributed by atoms with Gasteiger partial charge in [-0.2, -0.15) is 0 Å². The molecule has 1 aliphatic rings. The van der Waals surface area contributed by atoms with E-state index in [-0.39, 0.29) is 17.9 Å². The first-order valence-electron chi connectivity index (χ1n) is 9.13. The van der Waals surface area contributed by atoms with Crippen LogP contribution in [0.4, 0.5) is 19.3 Å². The summed E-state index contributed by atoms with van der Waals surface area (Å²) in [7, 11) is 3.38. The van der Waals surface area contributed by atoms with E-state index in [0.717, 1.165) is 12.0 Å². The molecule has 0 radical (unpaired) electrons. The number of halogens is 2. The average molecular weight is 387 g/mol. The Balaban J connectivity index is 1.67. The van der Waals surface area contributed by atoms with Gasteiger partial charge >= 0.3 is 6.03 Å². The van der Waals surface area contributed by atoms with Gasteiger partial charge in [-0.1, -0.05) is 18.2 Å². The van der Waals surface area contributed by atoms with Crippen LogP contribution in [0.15, 0.2) is 42.5 Å². The first-order chi connectivity index (χ1) is 13.3. The summed E-state index contributed by atoms with van der Waals surface area (Å²) in [6.45, 7) is 0. The zero-order valence-electron chi connectivity index (χ0n) is 15.9. The third kappa shape index (κ3) is 4.13. The summed E-state index contributed by atoms with van der Waals surface area (Å²) in [5.74, 6) is -1.33. The number of benzene rings is 2. The predicted molar refractivity (Wildman–Crippen MR) is 103 cm³/mol. The zero-order chi connectivity index (χ0) is 20.3. The van der Waals surface area contributed by atoms with Crippen molar-refractivity contribution in [1.82, 2.24) is 10.2 Å². The lowest BCUT2D eigenvalue weighted by Gasteiger charge is -2.43. The number of nitrogens with one attached hydrogen (secondary N) is 2. The van der Waals surface area contributed by atoms with E-state index < -0.39 is 23.2 Å². The molecule has 1 saturated carbocycles. The molecule has 0 aliphatic heterocycles. The molecule has 3 amide bonds. The Morgan fingerprint density at radius 1 is 1.04 bits per heavy atom. The molecule has 0 saturated heterocycles. The van der Waals surface area contributed by atoms with Crippen LogP contribution in [-0.4, -0.2) is 30.9 Å². The Labute approximate surface area is 162 Å². The highest BCUT2D eigenvalue weighted by Crippen LogP contribution is 2.43. The molecule has 5 nitrogen and oxygen atoms in total. The summed E-state index contributed by atoms with van der Waals surface area (Å²) in [5.41, 5.74) is 0.238. The average Bonchev–Trinajstić information content (AvgIpc) is 2.60. The lowest BCUT2D eigenvalue weighted by molar-refractivity contribution is -0.127. The van der Waals surface area contributed by atoms with Crippen molar-refractivity contribution in [2.75, 3.05) is 19.4 Å². The second-order valence-electron chi connectivity index (χ2n) is 7.27. The molecule has 2 aromatic rings. The molecule has 2 aromatic carbocycles. The second kappa shape index (κ2) is 7.96. The molecule has 1 aliphatic carbocycles. The summed E-state index contributed by atoms with van der Waals surface area (Å²) in [6.07, 6.45) is 2.01. The van der Waals surface area contributed by atoms with Gasteiger partial charge in [0, 0.05) is 25.3 Å². The number of anilines is 1. The number of hydrogen-bond donors (Lipinski definition) is 2. The molecule has 3 rings (SSSR count). The van der Waals surface area contributed by atoms with Gasteiger partial charge in [0.2, 0.25) is 5.91 Å². The molecule has 0 heterocycles. The topological polar surface area (TPSA) is 61.4 Å². The van der Waals surface area contributed by atoms with Gasteiger partial charge in [-0.15, -0.1) is 0 Å². The molecule has 0 aromatic heterocycles. The van der Waals surface area contributed by atoms with E-state index in [1.165, 1.54) is 23.1 Å². The molecule has 0 unspecified atom stereocenters. The highest BCUT2D eigenvalue weighted by atomic mass is 19.1. The highest BCUT2D eigenvalue weighted by Gasteiger charge is 2.44. The van der Waals surface area contributed by atoms with Crippen molar-refractivity contribution < 1.29 is 18.4 Å². The lowest BCUT2D eigenvalue weighted by atomic mass is 9.71. The number of nitrogens with zero attached hydrogens (tertiary/aromatic N) is 1. The standard InChI is InChI=1S/C21H23F2N3O2/c1-26(2)18(27)13-14-7-9-15(10-8-14)24-20(28)25-21(11-4-12-21)19-16(22)5-3-6-17(19)23/h3,5-10H,4,11-13H2,1-2H3,(H2,24,25,28). The number of likely N-dealkylation sites (N-methyl/N-ethyl adjacent to an activating group) is 1. The molecule has 28 heavy (non-hydrogen) atoms. The SMILES string of the molecule is CN(C)C(=O)Cc1ccc(NC(=O)NC2(c3c(F)cccc3F)CCC2)cc1. The van der Waals surface area contributed by atoms with Crippen LogP contribution in [0.2, 0.25) is 0 Å². The van der Waals surface area contributed by atoms with Crippen molar-refractivity contribution in [3.63, 3.8) is 0 Å². The van der Waals surface area contributed by atoms with Crippen LogP contribution in [0, 0.1) is 11.6 Å². The van der Waals surface area contributed by atoms with Crippen LogP contribution < -0.4 is 10.6 Å². The van der Waals surface area contributed by atoms with E-state index in [1.807, 2.05) is 0 Å². The molecule has 2 N–H and O–H groups in total. The van der Waals surface area contributed by atoms with Gasteiger partial charge in [-0.25, -0.2) is 13.6 Å². The molecular weight excluding hydrogens is 364 g/mol. The fraction of sp³-hybridized carbons (Fsp3) is 0.333. The maximum Gasteiger partial charge on any atom is 0.319 e. The van der Waals surface area contributed by atoms with Crippen molar-refractivity contribution in [1.29, 1.82) is 0 Å². The zero-order valence-corrected chi connectivity index (χ0v) is 15.9. The highest BCUT2D eigenvalue weighted by molar-refractivity contribution is 5.90. The van der Waals surface area contributed by atoms with E-state index >= 15 is 0 Å². The van der Waals surface area contributed by atoms with Gasteiger partial charge in [-0.05, 0) is 49.1 Å². The number of hydrogen-bond acceptors (Lipinski definition) is 2. The minimum Gasteiger partial charge on any atom is -0.349 e. The number of carbonyl (C=O) groups is 2. The number of urea groups is 1. The van der Waals surface area contributed by atoms with Crippen LogP contribution in [0.25, 0.3) is 0 Å². The van der Waals surface area contributed by atoms with Gasteiger partial charge < -0.3 is 15.5 Å². The quantitative estimate of drug-likeness (QED) is 0.820. The summed E-state index contributed by atoms with van der Waals surface area (Å²) in [4.78, 5) is 25.7. The monoisotopic (exact) mass is 387 g/mol. The molecule has 0 spiro atoms. The van der Waals surface area contributed by atoms with Crippen molar-refractivity contribution in [2.24, 2.45) is 0 Å². The minimum absolute atomic E-state index is 0.0164. The van der Waals surface area contributed by atoms with E-state index in [1.54, 1.807) is 38.4 Å². The summed E-state index contributed by atoms with van der Waals surface area (Å²) in [5, 5.41) is 5.43. The maximum absolute atomic E-state index is 14.2. The Morgan fingerprint density at radius 3 is 2.14 bits per heavy atom. The first-order valence-corrected chi connectivity index (χ1v) is 9.13. The van der Waals surface area contributed by atoms with E-state index in [2.05, 4.69) is 10.6 Å².